The first-order valence-corrected chi connectivity index (χ1v) is 7.16. The van der Waals surface area contributed by atoms with Crippen LogP contribution in [0.5, 0.6) is 0 Å². The normalized spacial score (nSPS) is 12.9. The van der Waals surface area contributed by atoms with Crippen molar-refractivity contribution in [1.82, 2.24) is 10.3 Å². The fourth-order valence-electron chi connectivity index (χ4n) is 1.24. The van der Waals surface area contributed by atoms with Crippen molar-refractivity contribution in [3.8, 4) is 0 Å². The van der Waals surface area contributed by atoms with Crippen LogP contribution in [0.15, 0.2) is 27.5 Å². The molecule has 0 saturated carbocycles. The van der Waals surface area contributed by atoms with Crippen LogP contribution >= 0.6 is 38.6 Å². The van der Waals surface area contributed by atoms with Crippen LogP contribution in [0.3, 0.4) is 0 Å². The third kappa shape index (κ3) is 3.11. The molecule has 0 aliphatic carbocycles. The summed E-state index contributed by atoms with van der Waals surface area (Å²) in [6, 6.07) is 2.47. The zero-order valence-electron chi connectivity index (χ0n) is 8.24. The standard InChI is InChI=1S/C10H11BrN2S2/c1-7(10-12-2-3-14-10)13-5-9-4-8(11)6-15-9/h2-4,6-7,13H,5H2,1H3/t7-/m0/s1. The Labute approximate surface area is 106 Å². The van der Waals surface area contributed by atoms with Gasteiger partial charge in [-0.05, 0) is 28.9 Å². The van der Waals surface area contributed by atoms with Gasteiger partial charge in [0.2, 0.25) is 0 Å². The Kier molecular flexibility index (Phi) is 3.91. The highest BCUT2D eigenvalue weighted by molar-refractivity contribution is 9.10. The minimum atomic E-state index is 0.325. The lowest BCUT2D eigenvalue weighted by Gasteiger charge is -2.09. The lowest BCUT2D eigenvalue weighted by atomic mass is 10.3. The van der Waals surface area contributed by atoms with E-state index in [-0.39, 0.29) is 0 Å². The molecular formula is C10H11BrN2S2. The zero-order chi connectivity index (χ0) is 10.7. The van der Waals surface area contributed by atoms with Crippen molar-refractivity contribution in [3.63, 3.8) is 0 Å². The molecule has 0 fully saturated rings. The van der Waals surface area contributed by atoms with Gasteiger partial charge in [-0.3, -0.25) is 0 Å². The second kappa shape index (κ2) is 5.21. The Morgan fingerprint density at radius 3 is 3.00 bits per heavy atom. The van der Waals surface area contributed by atoms with E-state index in [4.69, 9.17) is 0 Å². The molecule has 2 aromatic rings. The van der Waals surface area contributed by atoms with Crippen LogP contribution in [0.25, 0.3) is 0 Å². The summed E-state index contributed by atoms with van der Waals surface area (Å²) < 4.78 is 1.16. The van der Waals surface area contributed by atoms with Crippen molar-refractivity contribution in [2.75, 3.05) is 0 Å². The molecule has 0 unspecified atom stereocenters. The van der Waals surface area contributed by atoms with Gasteiger partial charge in [0.25, 0.3) is 0 Å². The van der Waals surface area contributed by atoms with Gasteiger partial charge in [0.1, 0.15) is 5.01 Å². The SMILES string of the molecule is C[C@H](NCc1cc(Br)cs1)c1nccs1. The maximum absolute atomic E-state index is 4.28. The van der Waals surface area contributed by atoms with E-state index < -0.39 is 0 Å². The van der Waals surface area contributed by atoms with Gasteiger partial charge in [-0.15, -0.1) is 22.7 Å². The highest BCUT2D eigenvalue weighted by Crippen LogP contribution is 2.21. The van der Waals surface area contributed by atoms with Crippen molar-refractivity contribution in [1.29, 1.82) is 0 Å². The van der Waals surface area contributed by atoms with E-state index in [2.05, 4.69) is 44.6 Å². The molecule has 80 valence electrons. The lowest BCUT2D eigenvalue weighted by molar-refractivity contribution is 0.576. The number of rotatable bonds is 4. The van der Waals surface area contributed by atoms with Crippen molar-refractivity contribution < 1.29 is 0 Å². The van der Waals surface area contributed by atoms with Crippen molar-refractivity contribution in [2.24, 2.45) is 0 Å². The fraction of sp³-hybridized carbons (Fsp3) is 0.300. The minimum Gasteiger partial charge on any atom is -0.303 e. The van der Waals surface area contributed by atoms with Gasteiger partial charge in [-0.25, -0.2) is 4.98 Å². The summed E-state index contributed by atoms with van der Waals surface area (Å²) >= 11 is 6.90. The van der Waals surface area contributed by atoms with Gasteiger partial charge < -0.3 is 5.32 Å². The lowest BCUT2D eigenvalue weighted by Crippen LogP contribution is -2.17. The van der Waals surface area contributed by atoms with Crippen molar-refractivity contribution in [3.05, 3.63) is 37.4 Å². The fourth-order valence-corrected chi connectivity index (χ4v) is 3.31. The number of nitrogens with one attached hydrogen (secondary N) is 1. The molecule has 2 rings (SSSR count). The van der Waals surface area contributed by atoms with Crippen molar-refractivity contribution in [2.45, 2.75) is 19.5 Å². The van der Waals surface area contributed by atoms with Crippen molar-refractivity contribution >= 4 is 38.6 Å². The molecule has 15 heavy (non-hydrogen) atoms. The van der Waals surface area contributed by atoms with E-state index in [1.54, 1.807) is 22.7 Å². The van der Waals surface area contributed by atoms with Crippen LogP contribution in [0.2, 0.25) is 0 Å². The zero-order valence-corrected chi connectivity index (χ0v) is 11.5. The first kappa shape index (κ1) is 11.3. The number of hydrogen-bond acceptors (Lipinski definition) is 4. The summed E-state index contributed by atoms with van der Waals surface area (Å²) in [5, 5.41) is 8.71. The molecule has 1 atom stereocenters. The Bertz CT molecular complexity index is 411. The molecule has 0 aliphatic heterocycles. The molecular weight excluding hydrogens is 292 g/mol. The quantitative estimate of drug-likeness (QED) is 0.929. The van der Waals surface area contributed by atoms with E-state index in [1.165, 1.54) is 4.88 Å². The molecule has 0 spiro atoms. The highest BCUT2D eigenvalue weighted by atomic mass is 79.9. The minimum absolute atomic E-state index is 0.325. The average Bonchev–Trinajstić information content (AvgIpc) is 2.84. The van der Waals surface area contributed by atoms with E-state index in [9.17, 15) is 0 Å². The molecule has 0 saturated heterocycles. The second-order valence-corrected chi connectivity index (χ2v) is 6.04. The topological polar surface area (TPSA) is 24.9 Å². The summed E-state index contributed by atoms with van der Waals surface area (Å²) in [6.07, 6.45) is 1.85. The first-order chi connectivity index (χ1) is 7.25. The van der Waals surface area contributed by atoms with Gasteiger partial charge in [-0.1, -0.05) is 0 Å². The predicted octanol–water partition coefficient (Wildman–Crippen LogP) is 3.82. The Balaban J connectivity index is 1.88. The van der Waals surface area contributed by atoms with Gasteiger partial charge in [0, 0.05) is 32.9 Å². The number of hydrogen-bond donors (Lipinski definition) is 1. The number of nitrogens with zero attached hydrogens (tertiary/aromatic N) is 1. The highest BCUT2D eigenvalue weighted by Gasteiger charge is 2.07. The smallest absolute Gasteiger partial charge is 0.109 e. The molecule has 1 N–H and O–H groups in total. The molecule has 0 bridgehead atoms. The first-order valence-electron chi connectivity index (χ1n) is 4.61. The maximum atomic E-state index is 4.28. The third-order valence-corrected chi connectivity index (χ3v) is 4.68. The molecule has 0 amide bonds. The molecule has 2 nitrogen and oxygen atoms in total. The predicted molar refractivity (Wildman–Crippen MR) is 69.4 cm³/mol. The number of aromatic nitrogens is 1. The maximum Gasteiger partial charge on any atom is 0.109 e. The van der Waals surface area contributed by atoms with Gasteiger partial charge in [0.15, 0.2) is 0 Å². The molecule has 0 radical (unpaired) electrons. The molecule has 0 aromatic carbocycles. The summed E-state index contributed by atoms with van der Waals surface area (Å²) in [7, 11) is 0. The van der Waals surface area contributed by atoms with Gasteiger partial charge in [-0.2, -0.15) is 0 Å². The van der Waals surface area contributed by atoms with Crippen LogP contribution in [0.1, 0.15) is 22.9 Å². The Hall–Kier alpha value is -0.230. The summed E-state index contributed by atoms with van der Waals surface area (Å²) in [6.45, 7) is 3.04. The molecule has 2 aromatic heterocycles. The number of halogens is 1. The van der Waals surface area contributed by atoms with Crippen LogP contribution in [0, 0.1) is 0 Å². The largest absolute Gasteiger partial charge is 0.303 e. The van der Waals surface area contributed by atoms with Crippen LogP contribution in [-0.4, -0.2) is 4.98 Å². The average molecular weight is 303 g/mol. The van der Waals surface area contributed by atoms with Crippen LogP contribution < -0.4 is 5.32 Å². The van der Waals surface area contributed by atoms with E-state index in [0.29, 0.717) is 6.04 Å². The molecule has 0 aliphatic rings. The summed E-state index contributed by atoms with van der Waals surface area (Å²) in [5.41, 5.74) is 0. The van der Waals surface area contributed by atoms with Crippen LogP contribution in [0.4, 0.5) is 0 Å². The monoisotopic (exact) mass is 302 g/mol. The summed E-state index contributed by atoms with van der Waals surface area (Å²) in [5.74, 6) is 0. The number of thiazole rings is 1. The molecule has 2 heterocycles. The summed E-state index contributed by atoms with van der Waals surface area (Å²) in [4.78, 5) is 5.62. The van der Waals surface area contributed by atoms with E-state index in [1.807, 2.05) is 11.6 Å². The number of thiophene rings is 1. The van der Waals surface area contributed by atoms with Gasteiger partial charge >= 0.3 is 0 Å². The van der Waals surface area contributed by atoms with Crippen LogP contribution in [-0.2, 0) is 6.54 Å². The van der Waals surface area contributed by atoms with E-state index >= 15 is 0 Å². The second-order valence-electron chi connectivity index (χ2n) is 3.20. The third-order valence-electron chi connectivity index (χ3n) is 2.03. The Morgan fingerprint density at radius 2 is 2.40 bits per heavy atom. The van der Waals surface area contributed by atoms with Gasteiger partial charge in [0.05, 0.1) is 6.04 Å². The van der Waals surface area contributed by atoms with E-state index in [0.717, 1.165) is 16.0 Å². The Morgan fingerprint density at radius 1 is 1.53 bits per heavy atom. The molecule has 5 heteroatoms.